The van der Waals surface area contributed by atoms with Crippen LogP contribution in [0.1, 0.15) is 45.4 Å². The van der Waals surface area contributed by atoms with Crippen LogP contribution in [-0.4, -0.2) is 42.6 Å². The molecule has 0 saturated heterocycles. The van der Waals surface area contributed by atoms with Crippen LogP contribution in [-0.2, 0) is 0 Å². The molecule has 0 bridgehead atoms. The summed E-state index contributed by atoms with van der Waals surface area (Å²) in [6, 6.07) is 9.94. The number of ether oxygens (including phenoxy) is 3. The molecule has 0 unspecified atom stereocenters. The van der Waals surface area contributed by atoms with Gasteiger partial charge in [0.1, 0.15) is 23.9 Å². The molecular weight excluding hydrogens is 514 g/mol. The largest absolute Gasteiger partial charge is 0.493 e. The van der Waals surface area contributed by atoms with E-state index in [0.29, 0.717) is 51.9 Å². The normalized spacial score (nSPS) is 15.8. The Labute approximate surface area is 223 Å². The van der Waals surface area contributed by atoms with Gasteiger partial charge in [-0.25, -0.2) is 4.98 Å². The van der Waals surface area contributed by atoms with Crippen LogP contribution in [0.25, 0.3) is 6.08 Å². The third-order valence-electron chi connectivity index (χ3n) is 5.83. The van der Waals surface area contributed by atoms with Gasteiger partial charge in [0.25, 0.3) is 17.0 Å². The van der Waals surface area contributed by atoms with Crippen LogP contribution in [0.5, 0.6) is 22.4 Å². The maximum absolute atomic E-state index is 12.7. The Hall–Kier alpha value is -3.56. The van der Waals surface area contributed by atoms with Gasteiger partial charge in [0, 0.05) is 23.9 Å². The molecule has 2 amide bonds. The Morgan fingerprint density at radius 1 is 1.32 bits per heavy atom. The van der Waals surface area contributed by atoms with Crippen molar-refractivity contribution < 1.29 is 23.8 Å². The first-order valence-electron chi connectivity index (χ1n) is 12.0. The lowest BCUT2D eigenvalue weighted by Gasteiger charge is -2.11. The van der Waals surface area contributed by atoms with Gasteiger partial charge in [-0.2, -0.15) is 0 Å². The molecule has 2 heterocycles. The van der Waals surface area contributed by atoms with Crippen LogP contribution in [0, 0.1) is 5.92 Å². The summed E-state index contributed by atoms with van der Waals surface area (Å²) in [5, 5.41) is 6.57. The predicted molar refractivity (Wildman–Crippen MR) is 142 cm³/mol. The number of hydrogen-bond donors (Lipinski definition) is 2. The summed E-state index contributed by atoms with van der Waals surface area (Å²) < 4.78 is 17.1. The number of carbonyl (C=O) groups excluding carboxylic acids is 2. The number of carbonyl (C=O) groups is 2. The van der Waals surface area contributed by atoms with Crippen molar-refractivity contribution in [1.29, 1.82) is 0 Å². The van der Waals surface area contributed by atoms with Crippen molar-refractivity contribution in [3.8, 4) is 22.4 Å². The molecule has 5 rings (SSSR count). The van der Waals surface area contributed by atoms with Crippen LogP contribution >= 0.6 is 22.9 Å². The number of halogens is 1. The van der Waals surface area contributed by atoms with E-state index < -0.39 is 0 Å². The maximum Gasteiger partial charge on any atom is 0.279 e. The molecule has 0 radical (unpaired) electrons. The summed E-state index contributed by atoms with van der Waals surface area (Å²) in [6.07, 6.45) is 7.87. The van der Waals surface area contributed by atoms with E-state index in [0.717, 1.165) is 17.2 Å². The van der Waals surface area contributed by atoms with E-state index in [-0.39, 0.29) is 17.9 Å². The topological polar surface area (TPSA) is 98.8 Å². The van der Waals surface area contributed by atoms with E-state index in [1.165, 1.54) is 24.2 Å². The number of nitrogens with zero attached hydrogens (tertiary/aromatic N) is 1. The third kappa shape index (κ3) is 6.61. The molecule has 1 atom stereocenters. The van der Waals surface area contributed by atoms with E-state index in [9.17, 15) is 9.59 Å². The van der Waals surface area contributed by atoms with E-state index in [2.05, 4.69) is 15.6 Å². The average Bonchev–Trinajstić information content (AvgIpc) is 3.65. The first-order chi connectivity index (χ1) is 17.9. The Morgan fingerprint density at radius 2 is 2.19 bits per heavy atom. The Bertz CT molecular complexity index is 1340. The SMILES string of the molecule is C[C@@H](C=Cc1cnc(Oc2ccc(OCC3CC3)cc2Cl)s1)NC(=O)c1ccc2c(c1)C(=O)NCCO2. The van der Waals surface area contributed by atoms with Gasteiger partial charge in [-0.1, -0.05) is 29.0 Å². The summed E-state index contributed by atoms with van der Waals surface area (Å²) >= 11 is 7.72. The van der Waals surface area contributed by atoms with Gasteiger partial charge < -0.3 is 24.8 Å². The number of fused-ring (bicyclic) bond motifs is 1. The fourth-order valence-electron chi connectivity index (χ4n) is 3.61. The number of nitrogens with one attached hydrogen (secondary N) is 2. The zero-order valence-corrected chi connectivity index (χ0v) is 21.7. The summed E-state index contributed by atoms with van der Waals surface area (Å²) in [5.74, 6) is 1.83. The van der Waals surface area contributed by atoms with Crippen LogP contribution in [0.2, 0.25) is 5.02 Å². The predicted octanol–water partition coefficient (Wildman–Crippen LogP) is 5.33. The van der Waals surface area contributed by atoms with Crippen molar-refractivity contribution in [2.75, 3.05) is 19.8 Å². The third-order valence-corrected chi connectivity index (χ3v) is 6.96. The molecule has 37 heavy (non-hydrogen) atoms. The molecule has 2 aliphatic rings. The zero-order valence-electron chi connectivity index (χ0n) is 20.2. The van der Waals surface area contributed by atoms with Crippen molar-refractivity contribution in [3.05, 3.63) is 69.7 Å². The highest BCUT2D eigenvalue weighted by Gasteiger charge is 2.22. The summed E-state index contributed by atoms with van der Waals surface area (Å²) in [5.41, 5.74) is 0.736. The fraction of sp³-hybridized carbons (Fsp3) is 0.296. The van der Waals surface area contributed by atoms with Crippen LogP contribution in [0.4, 0.5) is 0 Å². The number of hydrogen-bond acceptors (Lipinski definition) is 7. The van der Waals surface area contributed by atoms with Gasteiger partial charge in [-0.05, 0) is 62.1 Å². The van der Waals surface area contributed by atoms with Gasteiger partial charge >= 0.3 is 0 Å². The smallest absolute Gasteiger partial charge is 0.279 e. The van der Waals surface area contributed by atoms with Crippen LogP contribution < -0.4 is 24.8 Å². The van der Waals surface area contributed by atoms with Crippen molar-refractivity contribution in [2.24, 2.45) is 5.92 Å². The lowest BCUT2D eigenvalue weighted by molar-refractivity contribution is 0.0947. The second-order valence-electron chi connectivity index (χ2n) is 8.91. The lowest BCUT2D eigenvalue weighted by atomic mass is 10.1. The minimum absolute atomic E-state index is 0.252. The summed E-state index contributed by atoms with van der Waals surface area (Å²) in [6.45, 7) is 3.40. The van der Waals surface area contributed by atoms with Gasteiger partial charge in [-0.15, -0.1) is 0 Å². The molecule has 192 valence electrons. The van der Waals surface area contributed by atoms with Gasteiger partial charge in [0.15, 0.2) is 0 Å². The zero-order chi connectivity index (χ0) is 25.8. The number of amides is 2. The molecule has 1 aliphatic heterocycles. The molecule has 0 spiro atoms. The Kier molecular flexibility index (Phi) is 7.62. The van der Waals surface area contributed by atoms with E-state index >= 15 is 0 Å². The number of thiazole rings is 1. The van der Waals surface area contributed by atoms with Crippen molar-refractivity contribution >= 4 is 40.8 Å². The molecule has 8 nitrogen and oxygen atoms in total. The Morgan fingerprint density at radius 3 is 3.00 bits per heavy atom. The second-order valence-corrected chi connectivity index (χ2v) is 10.3. The summed E-state index contributed by atoms with van der Waals surface area (Å²) in [4.78, 5) is 30.1. The van der Waals surface area contributed by atoms with Crippen molar-refractivity contribution in [2.45, 2.75) is 25.8 Å². The molecular formula is C27H26ClN3O5S. The van der Waals surface area contributed by atoms with Crippen molar-refractivity contribution in [3.63, 3.8) is 0 Å². The fourth-order valence-corrected chi connectivity index (χ4v) is 4.51. The molecule has 1 aromatic heterocycles. The molecule has 1 aliphatic carbocycles. The average molecular weight is 540 g/mol. The van der Waals surface area contributed by atoms with Crippen molar-refractivity contribution in [1.82, 2.24) is 15.6 Å². The van der Waals surface area contributed by atoms with Gasteiger partial charge in [-0.3, -0.25) is 9.59 Å². The quantitative estimate of drug-likeness (QED) is 0.381. The molecule has 2 aromatic carbocycles. The second kappa shape index (κ2) is 11.2. The standard InChI is InChI=1S/C27H26ClN3O5S/c1-16(31-25(32)18-5-8-23-21(12-18)26(33)29-10-11-34-23)2-7-20-14-30-27(37-20)36-24-9-6-19(13-22(24)28)35-15-17-3-4-17/h2,5-9,12-14,16-17H,3-4,10-11,15H2,1H3,(H,29,33)(H,31,32)/t16-/m0/s1. The maximum atomic E-state index is 12.7. The van der Waals surface area contributed by atoms with E-state index in [1.807, 2.05) is 25.1 Å². The highest BCUT2D eigenvalue weighted by atomic mass is 35.5. The van der Waals surface area contributed by atoms with E-state index in [1.54, 1.807) is 36.5 Å². The van der Waals surface area contributed by atoms with E-state index in [4.69, 9.17) is 25.8 Å². The lowest BCUT2D eigenvalue weighted by Crippen LogP contribution is -2.31. The number of aromatic nitrogens is 1. The molecule has 2 N–H and O–H groups in total. The minimum Gasteiger partial charge on any atom is -0.493 e. The highest BCUT2D eigenvalue weighted by Crippen LogP contribution is 2.35. The molecule has 1 fully saturated rings. The first-order valence-corrected chi connectivity index (χ1v) is 13.2. The highest BCUT2D eigenvalue weighted by molar-refractivity contribution is 7.14. The number of benzene rings is 2. The monoisotopic (exact) mass is 539 g/mol. The molecule has 1 saturated carbocycles. The Balaban J connectivity index is 1.15. The van der Waals surface area contributed by atoms with Crippen LogP contribution in [0.3, 0.4) is 0 Å². The number of rotatable bonds is 9. The van der Waals surface area contributed by atoms with Crippen LogP contribution in [0.15, 0.2) is 48.7 Å². The molecule has 10 heteroatoms. The minimum atomic E-state index is -0.287. The first kappa shape index (κ1) is 25.1. The summed E-state index contributed by atoms with van der Waals surface area (Å²) in [7, 11) is 0. The van der Waals surface area contributed by atoms with Gasteiger partial charge in [0.2, 0.25) is 0 Å². The molecule has 3 aromatic rings. The van der Waals surface area contributed by atoms with Gasteiger partial charge in [0.05, 0.1) is 28.6 Å².